The number of carbonyl (C=O) groups is 1. The van der Waals surface area contributed by atoms with Crippen LogP contribution in [0.25, 0.3) is 0 Å². The molecule has 0 bridgehead atoms. The van der Waals surface area contributed by atoms with Gasteiger partial charge in [0.05, 0.1) is 39.9 Å². The first-order valence-electron chi connectivity index (χ1n) is 28.4. The summed E-state index contributed by atoms with van der Waals surface area (Å²) in [6.45, 7) is 4.63. The molecule has 0 saturated carbocycles. The summed E-state index contributed by atoms with van der Waals surface area (Å²) in [6, 6.07) is -0.883. The van der Waals surface area contributed by atoms with Gasteiger partial charge >= 0.3 is 0 Å². The molecule has 0 aliphatic rings. The number of phosphoric acid groups is 1. The standard InChI is InChI=1S/C57H111N2O6P/c1-6-8-10-12-14-16-17-18-19-20-21-22-23-24-25-26-27-28-29-30-31-32-33-34-35-36-37-38-39-40-41-43-45-47-49-51-57(61)58-55(54-65-66(62,63)64-53-52-59(3,4)5)56(60)50-48-46-44-42-15-13-11-9-7-2/h23-24,26-27,48,50,55-56,60H,6-22,25,28-47,49,51-54H2,1-5H3,(H-,58,61,62,63)/b24-23-,27-26-,50-48+. The minimum Gasteiger partial charge on any atom is -0.756 e. The van der Waals surface area contributed by atoms with E-state index in [4.69, 9.17) is 9.05 Å². The molecule has 0 aromatic carbocycles. The Bertz CT molecular complexity index is 1170. The van der Waals surface area contributed by atoms with Crippen LogP contribution in [0.1, 0.15) is 271 Å². The molecule has 9 heteroatoms. The van der Waals surface area contributed by atoms with Crippen LogP contribution in [0.15, 0.2) is 36.5 Å². The highest BCUT2D eigenvalue weighted by molar-refractivity contribution is 7.45. The van der Waals surface area contributed by atoms with Crippen molar-refractivity contribution in [2.24, 2.45) is 0 Å². The van der Waals surface area contributed by atoms with Crippen molar-refractivity contribution in [3.05, 3.63) is 36.5 Å². The molecule has 0 aromatic rings. The zero-order chi connectivity index (χ0) is 48.5. The lowest BCUT2D eigenvalue weighted by Crippen LogP contribution is -2.45. The van der Waals surface area contributed by atoms with Gasteiger partial charge in [0.15, 0.2) is 0 Å². The lowest BCUT2D eigenvalue weighted by molar-refractivity contribution is -0.870. The Morgan fingerprint density at radius 3 is 1.26 bits per heavy atom. The number of phosphoric ester groups is 1. The van der Waals surface area contributed by atoms with Crippen LogP contribution in [0.3, 0.4) is 0 Å². The number of unbranched alkanes of at least 4 members (excludes halogenated alkanes) is 35. The highest BCUT2D eigenvalue weighted by Crippen LogP contribution is 2.38. The number of amides is 1. The number of hydrogen-bond donors (Lipinski definition) is 2. The minimum absolute atomic E-state index is 0.000301. The molecule has 0 aromatic heterocycles. The van der Waals surface area contributed by atoms with Crippen molar-refractivity contribution < 1.29 is 32.9 Å². The number of nitrogens with one attached hydrogen (secondary N) is 1. The van der Waals surface area contributed by atoms with Gasteiger partial charge in [0.25, 0.3) is 7.82 Å². The van der Waals surface area contributed by atoms with Gasteiger partial charge in [-0.2, -0.15) is 0 Å². The fraction of sp³-hybridized carbons (Fsp3) is 0.877. The summed E-state index contributed by atoms with van der Waals surface area (Å²) in [5, 5.41) is 13.8. The maximum Gasteiger partial charge on any atom is 0.268 e. The van der Waals surface area contributed by atoms with E-state index in [1.54, 1.807) is 6.08 Å². The normalized spacial score (nSPS) is 14.2. The molecule has 0 aliphatic carbocycles. The summed E-state index contributed by atoms with van der Waals surface area (Å²) in [5.41, 5.74) is 0. The summed E-state index contributed by atoms with van der Waals surface area (Å²) >= 11 is 0. The van der Waals surface area contributed by atoms with Crippen LogP contribution in [0.5, 0.6) is 0 Å². The molecule has 66 heavy (non-hydrogen) atoms. The van der Waals surface area contributed by atoms with Gasteiger partial charge in [0.2, 0.25) is 5.91 Å². The average molecular weight is 951 g/mol. The van der Waals surface area contributed by atoms with E-state index in [1.807, 2.05) is 27.2 Å². The third kappa shape index (κ3) is 50.6. The molecule has 0 radical (unpaired) electrons. The lowest BCUT2D eigenvalue weighted by atomic mass is 10.0. The Labute approximate surface area is 410 Å². The molecule has 0 spiro atoms. The Hall–Kier alpha value is -1.28. The van der Waals surface area contributed by atoms with Gasteiger partial charge in [-0.3, -0.25) is 9.36 Å². The van der Waals surface area contributed by atoms with Crippen molar-refractivity contribution in [3.63, 3.8) is 0 Å². The van der Waals surface area contributed by atoms with Crippen LogP contribution in [-0.4, -0.2) is 68.5 Å². The first-order chi connectivity index (χ1) is 32.0. The summed E-state index contributed by atoms with van der Waals surface area (Å²) in [7, 11) is 1.27. The molecule has 0 fully saturated rings. The predicted octanol–water partition coefficient (Wildman–Crippen LogP) is 16.4. The molecule has 3 unspecified atom stereocenters. The van der Waals surface area contributed by atoms with Crippen LogP contribution < -0.4 is 10.2 Å². The van der Waals surface area contributed by atoms with Crippen LogP contribution in [0.2, 0.25) is 0 Å². The number of hydrogen-bond acceptors (Lipinski definition) is 6. The van der Waals surface area contributed by atoms with Crippen molar-refractivity contribution in [2.45, 2.75) is 283 Å². The highest BCUT2D eigenvalue weighted by Gasteiger charge is 2.23. The molecule has 3 atom stereocenters. The Morgan fingerprint density at radius 1 is 0.530 bits per heavy atom. The molecule has 2 N–H and O–H groups in total. The fourth-order valence-electron chi connectivity index (χ4n) is 8.36. The van der Waals surface area contributed by atoms with Gasteiger partial charge in [-0.05, 0) is 51.4 Å². The number of likely N-dealkylation sites (N-methyl/N-ethyl adjacent to an activating group) is 1. The van der Waals surface area contributed by atoms with Gasteiger partial charge in [0, 0.05) is 6.42 Å². The van der Waals surface area contributed by atoms with E-state index in [1.165, 1.54) is 205 Å². The first kappa shape index (κ1) is 64.7. The smallest absolute Gasteiger partial charge is 0.268 e. The number of rotatable bonds is 52. The first-order valence-corrected chi connectivity index (χ1v) is 29.8. The molecule has 0 aliphatic heterocycles. The van der Waals surface area contributed by atoms with Crippen LogP contribution in [-0.2, 0) is 18.4 Å². The molecule has 0 rings (SSSR count). The number of aliphatic hydroxyl groups excluding tert-OH is 1. The number of allylic oxidation sites excluding steroid dienone is 5. The molecule has 1 amide bonds. The lowest BCUT2D eigenvalue weighted by Gasteiger charge is -2.29. The third-order valence-electron chi connectivity index (χ3n) is 12.8. The predicted molar refractivity (Wildman–Crippen MR) is 284 cm³/mol. The van der Waals surface area contributed by atoms with E-state index in [9.17, 15) is 19.4 Å². The maximum absolute atomic E-state index is 12.9. The van der Waals surface area contributed by atoms with E-state index < -0.39 is 20.0 Å². The number of quaternary nitrogens is 1. The zero-order valence-electron chi connectivity index (χ0n) is 44.4. The largest absolute Gasteiger partial charge is 0.756 e. The second-order valence-electron chi connectivity index (χ2n) is 20.6. The van der Waals surface area contributed by atoms with E-state index in [0.29, 0.717) is 17.4 Å². The van der Waals surface area contributed by atoms with E-state index in [-0.39, 0.29) is 19.1 Å². The minimum atomic E-state index is -4.58. The SMILES string of the molecule is CCCCCCCCC/C=C/C(O)C(COP(=O)([O-])OCC[N+](C)(C)C)NC(=O)CCCCCCCCCCCCCCCCCCC/C=C\C/C=C\CCCCCCCCCCCCC. The second-order valence-corrected chi connectivity index (χ2v) is 22.1. The molecular weight excluding hydrogens is 840 g/mol. The summed E-state index contributed by atoms with van der Waals surface area (Å²) in [5.74, 6) is -0.197. The maximum atomic E-state index is 12.9. The quantitative estimate of drug-likeness (QED) is 0.0272. The van der Waals surface area contributed by atoms with Crippen molar-refractivity contribution in [3.8, 4) is 0 Å². The zero-order valence-corrected chi connectivity index (χ0v) is 45.3. The van der Waals surface area contributed by atoms with Crippen molar-refractivity contribution in [1.29, 1.82) is 0 Å². The Kier molecular flexibility index (Phi) is 47.8. The van der Waals surface area contributed by atoms with Crippen LogP contribution >= 0.6 is 7.82 Å². The summed E-state index contributed by atoms with van der Waals surface area (Å²) in [6.07, 6.45) is 62.5. The van der Waals surface area contributed by atoms with Gasteiger partial charge in [-0.25, -0.2) is 0 Å². The molecule has 390 valence electrons. The highest BCUT2D eigenvalue weighted by atomic mass is 31.2. The summed E-state index contributed by atoms with van der Waals surface area (Å²) in [4.78, 5) is 25.3. The van der Waals surface area contributed by atoms with E-state index in [2.05, 4.69) is 43.5 Å². The van der Waals surface area contributed by atoms with Crippen molar-refractivity contribution in [1.82, 2.24) is 5.32 Å². The Morgan fingerprint density at radius 2 is 0.879 bits per heavy atom. The summed E-state index contributed by atoms with van der Waals surface area (Å²) < 4.78 is 23.2. The molecule has 0 saturated heterocycles. The van der Waals surface area contributed by atoms with Crippen molar-refractivity contribution in [2.75, 3.05) is 40.9 Å². The van der Waals surface area contributed by atoms with Gasteiger partial charge in [-0.1, -0.05) is 249 Å². The molecule has 0 heterocycles. The van der Waals surface area contributed by atoms with E-state index in [0.717, 1.165) is 44.9 Å². The van der Waals surface area contributed by atoms with Gasteiger partial charge < -0.3 is 28.8 Å². The monoisotopic (exact) mass is 951 g/mol. The Balaban J connectivity index is 3.89. The molecule has 8 nitrogen and oxygen atoms in total. The third-order valence-corrected chi connectivity index (χ3v) is 13.8. The van der Waals surface area contributed by atoms with Gasteiger partial charge in [0.1, 0.15) is 13.2 Å². The van der Waals surface area contributed by atoms with Gasteiger partial charge in [-0.15, -0.1) is 0 Å². The van der Waals surface area contributed by atoms with E-state index >= 15 is 0 Å². The second kappa shape index (κ2) is 48.7. The average Bonchev–Trinajstić information content (AvgIpc) is 3.28. The van der Waals surface area contributed by atoms with Crippen LogP contribution in [0.4, 0.5) is 0 Å². The van der Waals surface area contributed by atoms with Crippen molar-refractivity contribution >= 4 is 13.7 Å². The topological polar surface area (TPSA) is 108 Å². The molecular formula is C57H111N2O6P. The number of carbonyl (C=O) groups excluding carboxylic acids is 1. The fourth-order valence-corrected chi connectivity index (χ4v) is 9.08. The number of aliphatic hydroxyl groups is 1. The van der Waals surface area contributed by atoms with Crippen LogP contribution in [0, 0.1) is 0 Å². The number of nitrogens with zero attached hydrogens (tertiary/aromatic N) is 1.